The Morgan fingerprint density at radius 1 is 1.26 bits per heavy atom. The molecule has 1 aromatic carbocycles. The molecule has 2 rings (SSSR count). The monoisotopic (exact) mass is 320 g/mol. The average molecular weight is 321 g/mol. The second kappa shape index (κ2) is 6.38. The minimum Gasteiger partial charge on any atom is -0.354 e. The van der Waals surface area contributed by atoms with Crippen LogP contribution in [0.1, 0.15) is 32.8 Å². The maximum Gasteiger partial charge on any atom is 0.133 e. The maximum atomic E-state index is 4.88. The topological polar surface area (TPSA) is 16.1 Å². The first kappa shape index (κ1) is 14.3. The predicted octanol–water partition coefficient (Wildman–Crippen LogP) is 4.75. The van der Waals surface area contributed by atoms with Gasteiger partial charge in [0.15, 0.2) is 0 Å². The van der Waals surface area contributed by atoms with E-state index in [4.69, 9.17) is 4.98 Å². The smallest absolute Gasteiger partial charge is 0.133 e. The number of aromatic nitrogens is 1. The van der Waals surface area contributed by atoms with Gasteiger partial charge in [0.05, 0.1) is 5.52 Å². The van der Waals surface area contributed by atoms with Crippen molar-refractivity contribution in [3.63, 3.8) is 0 Å². The third-order valence-corrected chi connectivity index (χ3v) is 3.89. The molecule has 0 radical (unpaired) electrons. The third-order valence-electron chi connectivity index (χ3n) is 3.28. The summed E-state index contributed by atoms with van der Waals surface area (Å²) in [4.78, 5) is 7.27. The van der Waals surface area contributed by atoms with Crippen LogP contribution in [0.3, 0.4) is 0 Å². The molecule has 0 spiro atoms. The Bertz CT molecular complexity index is 551. The highest BCUT2D eigenvalue weighted by molar-refractivity contribution is 9.08. The van der Waals surface area contributed by atoms with Gasteiger partial charge in [-0.3, -0.25) is 0 Å². The van der Waals surface area contributed by atoms with Crippen LogP contribution < -0.4 is 4.90 Å². The molecule has 1 aromatic heterocycles. The molecule has 0 saturated carbocycles. The largest absolute Gasteiger partial charge is 0.354 e. The maximum absolute atomic E-state index is 4.88. The number of benzene rings is 1. The van der Waals surface area contributed by atoms with E-state index in [-0.39, 0.29) is 0 Å². The SMILES string of the molecule is CCCN(c1nc2ccccc2cc1CBr)C(C)C. The summed E-state index contributed by atoms with van der Waals surface area (Å²) in [6.07, 6.45) is 1.13. The molecule has 0 aliphatic rings. The molecule has 2 nitrogen and oxygen atoms in total. The van der Waals surface area contributed by atoms with Crippen molar-refractivity contribution in [3.05, 3.63) is 35.9 Å². The molecule has 0 saturated heterocycles. The fourth-order valence-corrected chi connectivity index (χ4v) is 2.76. The molecule has 0 atom stereocenters. The standard InChI is InChI=1S/C16H21BrN2/c1-4-9-19(12(2)3)16-14(11-17)10-13-7-5-6-8-15(13)18-16/h5-8,10,12H,4,9,11H2,1-3H3. The molecule has 0 unspecified atom stereocenters. The van der Waals surface area contributed by atoms with Gasteiger partial charge in [0.1, 0.15) is 5.82 Å². The predicted molar refractivity (Wildman–Crippen MR) is 87.1 cm³/mol. The fourth-order valence-electron chi connectivity index (χ4n) is 2.35. The Hall–Kier alpha value is -1.09. The molecular weight excluding hydrogens is 300 g/mol. The Morgan fingerprint density at radius 2 is 2.00 bits per heavy atom. The number of para-hydroxylation sites is 1. The van der Waals surface area contributed by atoms with Gasteiger partial charge >= 0.3 is 0 Å². The van der Waals surface area contributed by atoms with E-state index in [2.05, 4.69) is 65.9 Å². The highest BCUT2D eigenvalue weighted by Crippen LogP contribution is 2.27. The molecule has 102 valence electrons. The molecule has 0 aliphatic heterocycles. The normalized spacial score (nSPS) is 11.2. The van der Waals surface area contributed by atoms with Crippen LogP contribution in [0, 0.1) is 0 Å². The quantitative estimate of drug-likeness (QED) is 0.739. The minimum absolute atomic E-state index is 0.464. The minimum atomic E-state index is 0.464. The van der Waals surface area contributed by atoms with Crippen molar-refractivity contribution in [3.8, 4) is 0 Å². The van der Waals surface area contributed by atoms with Gasteiger partial charge in [-0.1, -0.05) is 41.1 Å². The molecule has 3 heteroatoms. The van der Waals surface area contributed by atoms with Crippen LogP contribution in [-0.4, -0.2) is 17.6 Å². The summed E-state index contributed by atoms with van der Waals surface area (Å²) < 4.78 is 0. The summed E-state index contributed by atoms with van der Waals surface area (Å²) in [5.74, 6) is 1.12. The van der Waals surface area contributed by atoms with Gasteiger partial charge in [-0.15, -0.1) is 0 Å². The number of pyridine rings is 1. The van der Waals surface area contributed by atoms with Crippen LogP contribution in [-0.2, 0) is 5.33 Å². The molecule has 2 aromatic rings. The number of anilines is 1. The Morgan fingerprint density at radius 3 is 2.63 bits per heavy atom. The average Bonchev–Trinajstić information content (AvgIpc) is 2.43. The number of nitrogens with zero attached hydrogens (tertiary/aromatic N) is 2. The van der Waals surface area contributed by atoms with E-state index in [9.17, 15) is 0 Å². The second-order valence-electron chi connectivity index (χ2n) is 5.08. The number of hydrogen-bond donors (Lipinski definition) is 0. The van der Waals surface area contributed by atoms with Gasteiger partial charge in [0.2, 0.25) is 0 Å². The molecule has 0 amide bonds. The van der Waals surface area contributed by atoms with Crippen LogP contribution in [0.25, 0.3) is 10.9 Å². The van der Waals surface area contributed by atoms with E-state index >= 15 is 0 Å². The first-order valence-electron chi connectivity index (χ1n) is 6.88. The van der Waals surface area contributed by atoms with Gasteiger partial charge in [0.25, 0.3) is 0 Å². The fraction of sp³-hybridized carbons (Fsp3) is 0.438. The molecule has 0 fully saturated rings. The van der Waals surface area contributed by atoms with E-state index in [1.165, 1.54) is 10.9 Å². The van der Waals surface area contributed by atoms with Gasteiger partial charge < -0.3 is 4.90 Å². The molecule has 1 heterocycles. The second-order valence-corrected chi connectivity index (χ2v) is 5.65. The van der Waals surface area contributed by atoms with E-state index in [1.807, 2.05) is 6.07 Å². The molecule has 19 heavy (non-hydrogen) atoms. The van der Waals surface area contributed by atoms with Crippen molar-refractivity contribution in [1.82, 2.24) is 4.98 Å². The number of alkyl halides is 1. The lowest BCUT2D eigenvalue weighted by Crippen LogP contribution is -2.33. The zero-order chi connectivity index (χ0) is 13.8. The Kier molecular flexibility index (Phi) is 4.81. The van der Waals surface area contributed by atoms with E-state index < -0.39 is 0 Å². The van der Waals surface area contributed by atoms with Crippen LogP contribution in [0.2, 0.25) is 0 Å². The summed E-state index contributed by atoms with van der Waals surface area (Å²) in [6.45, 7) is 7.71. The number of hydrogen-bond acceptors (Lipinski definition) is 2. The molecule has 0 N–H and O–H groups in total. The summed E-state index contributed by atoms with van der Waals surface area (Å²) in [5.41, 5.74) is 2.34. The summed E-state index contributed by atoms with van der Waals surface area (Å²) in [5, 5.41) is 2.05. The lowest BCUT2D eigenvalue weighted by molar-refractivity contribution is 0.661. The van der Waals surface area contributed by atoms with Gasteiger partial charge in [0, 0.05) is 28.9 Å². The number of halogens is 1. The summed E-state index contributed by atoms with van der Waals surface area (Å²) in [6, 6.07) is 11.0. The molecule has 0 aliphatic carbocycles. The van der Waals surface area contributed by atoms with Crippen molar-refractivity contribution >= 4 is 32.7 Å². The summed E-state index contributed by atoms with van der Waals surface area (Å²) in [7, 11) is 0. The lowest BCUT2D eigenvalue weighted by atomic mass is 10.1. The zero-order valence-corrected chi connectivity index (χ0v) is 13.4. The van der Waals surface area contributed by atoms with Crippen LogP contribution in [0.5, 0.6) is 0 Å². The van der Waals surface area contributed by atoms with E-state index in [1.54, 1.807) is 0 Å². The highest BCUT2D eigenvalue weighted by atomic mass is 79.9. The molecule has 0 bridgehead atoms. The van der Waals surface area contributed by atoms with Crippen molar-refractivity contribution in [1.29, 1.82) is 0 Å². The van der Waals surface area contributed by atoms with Gasteiger partial charge in [-0.05, 0) is 32.4 Å². The highest BCUT2D eigenvalue weighted by Gasteiger charge is 2.15. The van der Waals surface area contributed by atoms with Crippen molar-refractivity contribution < 1.29 is 0 Å². The zero-order valence-electron chi connectivity index (χ0n) is 11.9. The number of rotatable bonds is 5. The Balaban J connectivity index is 2.55. The van der Waals surface area contributed by atoms with Gasteiger partial charge in [-0.2, -0.15) is 0 Å². The van der Waals surface area contributed by atoms with E-state index in [0.717, 1.165) is 29.6 Å². The van der Waals surface area contributed by atoms with Crippen LogP contribution in [0.15, 0.2) is 30.3 Å². The van der Waals surface area contributed by atoms with Crippen molar-refractivity contribution in [2.45, 2.75) is 38.6 Å². The van der Waals surface area contributed by atoms with Gasteiger partial charge in [-0.25, -0.2) is 4.98 Å². The summed E-state index contributed by atoms with van der Waals surface area (Å²) >= 11 is 3.60. The Labute approximate surface area is 124 Å². The van der Waals surface area contributed by atoms with Crippen molar-refractivity contribution in [2.24, 2.45) is 0 Å². The first-order chi connectivity index (χ1) is 9.17. The number of fused-ring (bicyclic) bond motifs is 1. The lowest BCUT2D eigenvalue weighted by Gasteiger charge is -2.29. The van der Waals surface area contributed by atoms with Crippen LogP contribution in [0.4, 0.5) is 5.82 Å². The van der Waals surface area contributed by atoms with Crippen molar-refractivity contribution in [2.75, 3.05) is 11.4 Å². The first-order valence-corrected chi connectivity index (χ1v) is 8.00. The van der Waals surface area contributed by atoms with Crippen LogP contribution >= 0.6 is 15.9 Å². The van der Waals surface area contributed by atoms with E-state index in [0.29, 0.717) is 6.04 Å². The third kappa shape index (κ3) is 3.08. The molecular formula is C16H21BrN2.